The summed E-state index contributed by atoms with van der Waals surface area (Å²) >= 11 is 0. The molecule has 0 unspecified atom stereocenters. The molecule has 1 heterocycles. The molecular weight excluding hydrogens is 287 g/mol. The van der Waals surface area contributed by atoms with Gasteiger partial charge in [-0.15, -0.1) is 0 Å². The van der Waals surface area contributed by atoms with E-state index in [0.717, 1.165) is 5.56 Å². The molecule has 0 spiro atoms. The zero-order valence-corrected chi connectivity index (χ0v) is 10.8. The minimum Gasteiger partial charge on any atom is -0.440 e. The summed E-state index contributed by atoms with van der Waals surface area (Å²) in [5.41, 5.74) is 1.29. The Labute approximate surface area is 118 Å². The number of carbonyl (C=O) groups excluding carboxylic acids is 1. The highest BCUT2D eigenvalue weighted by Crippen LogP contribution is 2.15. The van der Waals surface area contributed by atoms with E-state index in [1.54, 1.807) is 47.4 Å². The lowest BCUT2D eigenvalue weighted by Gasteiger charge is -2.09. The third-order valence-electron chi connectivity index (χ3n) is 2.47. The van der Waals surface area contributed by atoms with Crippen LogP contribution in [-0.2, 0) is 11.3 Å². The Morgan fingerprint density at radius 1 is 1.29 bits per heavy atom. The van der Waals surface area contributed by atoms with Crippen molar-refractivity contribution in [3.63, 3.8) is 0 Å². The van der Waals surface area contributed by atoms with Crippen LogP contribution < -0.4 is 5.32 Å². The van der Waals surface area contributed by atoms with Crippen molar-refractivity contribution in [3.05, 3.63) is 48.3 Å². The third-order valence-corrected chi connectivity index (χ3v) is 2.47. The van der Waals surface area contributed by atoms with Gasteiger partial charge in [0.15, 0.2) is 6.61 Å². The van der Waals surface area contributed by atoms with E-state index in [2.05, 4.69) is 15.2 Å². The van der Waals surface area contributed by atoms with Gasteiger partial charge in [-0.25, -0.2) is 4.79 Å². The maximum atomic E-state index is 11.9. The Kier molecular flexibility index (Phi) is 4.46. The van der Waals surface area contributed by atoms with Crippen molar-refractivity contribution >= 4 is 11.8 Å². The fourth-order valence-corrected chi connectivity index (χ4v) is 1.58. The molecule has 0 atom stereocenters. The van der Waals surface area contributed by atoms with E-state index in [9.17, 15) is 18.0 Å². The van der Waals surface area contributed by atoms with E-state index in [1.165, 1.54) is 0 Å². The van der Waals surface area contributed by atoms with Crippen molar-refractivity contribution in [2.75, 3.05) is 11.9 Å². The molecule has 1 aromatic carbocycles. The van der Waals surface area contributed by atoms with Gasteiger partial charge in [0.2, 0.25) is 0 Å². The number of alkyl halides is 3. The predicted octanol–water partition coefficient (Wildman–Crippen LogP) is 3.04. The molecule has 2 aromatic rings. The number of carbonyl (C=O) groups is 1. The first-order valence-corrected chi connectivity index (χ1v) is 5.99. The maximum absolute atomic E-state index is 11.9. The van der Waals surface area contributed by atoms with Crippen LogP contribution in [0.25, 0.3) is 0 Å². The van der Waals surface area contributed by atoms with E-state index in [0.29, 0.717) is 12.2 Å². The number of hydrogen-bond acceptors (Lipinski definition) is 3. The molecule has 0 radical (unpaired) electrons. The molecule has 0 saturated carbocycles. The van der Waals surface area contributed by atoms with Crippen molar-refractivity contribution in [2.45, 2.75) is 12.7 Å². The highest BCUT2D eigenvalue weighted by Gasteiger charge is 2.29. The Bertz CT molecular complexity index is 580. The van der Waals surface area contributed by atoms with E-state index >= 15 is 0 Å². The summed E-state index contributed by atoms with van der Waals surface area (Å²) in [6.45, 7) is -1.05. The molecule has 0 aliphatic rings. The monoisotopic (exact) mass is 299 g/mol. The van der Waals surface area contributed by atoms with Gasteiger partial charge in [0.1, 0.15) is 0 Å². The number of nitrogens with one attached hydrogen (secondary N) is 1. The lowest BCUT2D eigenvalue weighted by molar-refractivity contribution is -0.159. The third kappa shape index (κ3) is 5.17. The van der Waals surface area contributed by atoms with Crippen LogP contribution in [0.5, 0.6) is 0 Å². The molecule has 0 aliphatic carbocycles. The van der Waals surface area contributed by atoms with Gasteiger partial charge in [-0.05, 0) is 23.8 Å². The van der Waals surface area contributed by atoms with Crippen LogP contribution in [0.4, 0.5) is 23.7 Å². The lowest BCUT2D eigenvalue weighted by Crippen LogP contribution is -2.23. The van der Waals surface area contributed by atoms with Crippen LogP contribution in [0.1, 0.15) is 5.56 Å². The number of aromatic nitrogens is 2. The first-order valence-electron chi connectivity index (χ1n) is 5.99. The van der Waals surface area contributed by atoms with Gasteiger partial charge < -0.3 is 4.74 Å². The van der Waals surface area contributed by atoms with Crippen LogP contribution in [0.2, 0.25) is 0 Å². The van der Waals surface area contributed by atoms with Gasteiger partial charge in [-0.3, -0.25) is 10.00 Å². The molecule has 112 valence electrons. The molecule has 0 bridgehead atoms. The van der Waals surface area contributed by atoms with Gasteiger partial charge in [-0.1, -0.05) is 12.1 Å². The molecule has 1 aromatic heterocycles. The second-order valence-corrected chi connectivity index (χ2v) is 4.22. The lowest BCUT2D eigenvalue weighted by atomic mass is 10.2. The molecule has 0 saturated heterocycles. The summed E-state index contributed by atoms with van der Waals surface area (Å²) in [5.74, 6) is 0. The minimum absolute atomic E-state index is 0.353. The average Bonchev–Trinajstić information content (AvgIpc) is 2.91. The molecule has 2 rings (SSSR count). The van der Waals surface area contributed by atoms with Crippen LogP contribution in [0.15, 0.2) is 42.7 Å². The van der Waals surface area contributed by atoms with Crippen molar-refractivity contribution < 1.29 is 22.7 Å². The first-order chi connectivity index (χ1) is 9.92. The standard InChI is InChI=1S/C13H12F3N3O2/c14-13(15,16)9-21-12(20)18-11-4-2-10(3-5-11)8-19-7-1-6-17-19/h1-7H,8-9H2,(H,18,20). The number of amides is 1. The number of benzene rings is 1. The van der Waals surface area contributed by atoms with Gasteiger partial charge in [0.25, 0.3) is 0 Å². The molecule has 21 heavy (non-hydrogen) atoms. The van der Waals surface area contributed by atoms with E-state index in [4.69, 9.17) is 0 Å². The predicted molar refractivity (Wildman–Crippen MR) is 68.8 cm³/mol. The van der Waals surface area contributed by atoms with Crippen LogP contribution >= 0.6 is 0 Å². The summed E-state index contributed by atoms with van der Waals surface area (Å²) in [6.07, 6.45) is -2.22. The maximum Gasteiger partial charge on any atom is 0.422 e. The smallest absolute Gasteiger partial charge is 0.422 e. The van der Waals surface area contributed by atoms with Gasteiger partial charge in [0, 0.05) is 18.1 Å². The number of anilines is 1. The van der Waals surface area contributed by atoms with Gasteiger partial charge in [0.05, 0.1) is 6.54 Å². The Morgan fingerprint density at radius 2 is 2.00 bits per heavy atom. The van der Waals surface area contributed by atoms with Crippen LogP contribution in [0.3, 0.4) is 0 Å². The molecule has 0 fully saturated rings. The molecule has 8 heteroatoms. The second-order valence-electron chi connectivity index (χ2n) is 4.22. The van der Waals surface area contributed by atoms with Crippen molar-refractivity contribution in [1.82, 2.24) is 9.78 Å². The fraction of sp³-hybridized carbons (Fsp3) is 0.231. The number of hydrogen-bond donors (Lipinski definition) is 1. The van der Waals surface area contributed by atoms with E-state index in [1.807, 2.05) is 0 Å². The molecule has 1 N–H and O–H groups in total. The van der Waals surface area contributed by atoms with E-state index < -0.39 is 18.9 Å². The fourth-order valence-electron chi connectivity index (χ4n) is 1.58. The summed E-state index contributed by atoms with van der Waals surface area (Å²) in [6, 6.07) is 8.43. The number of halogens is 3. The molecule has 1 amide bonds. The quantitative estimate of drug-likeness (QED) is 0.944. The average molecular weight is 299 g/mol. The normalized spacial score (nSPS) is 11.2. The molecular formula is C13H12F3N3O2. The Balaban J connectivity index is 1.86. The Hall–Kier alpha value is -2.51. The molecule has 0 aliphatic heterocycles. The van der Waals surface area contributed by atoms with Crippen molar-refractivity contribution in [2.24, 2.45) is 0 Å². The van der Waals surface area contributed by atoms with Crippen molar-refractivity contribution in [3.8, 4) is 0 Å². The highest BCUT2D eigenvalue weighted by molar-refractivity contribution is 5.84. The Morgan fingerprint density at radius 3 is 2.57 bits per heavy atom. The summed E-state index contributed by atoms with van der Waals surface area (Å²) in [4.78, 5) is 11.2. The van der Waals surface area contributed by atoms with Crippen LogP contribution in [0, 0.1) is 0 Å². The van der Waals surface area contributed by atoms with Gasteiger partial charge >= 0.3 is 12.3 Å². The summed E-state index contributed by atoms with van der Waals surface area (Å²) in [5, 5.41) is 6.27. The SMILES string of the molecule is O=C(Nc1ccc(Cn2cccn2)cc1)OCC(F)(F)F. The largest absolute Gasteiger partial charge is 0.440 e. The van der Waals surface area contributed by atoms with Crippen molar-refractivity contribution in [1.29, 1.82) is 0 Å². The first kappa shape index (κ1) is 14.9. The topological polar surface area (TPSA) is 56.2 Å². The van der Waals surface area contributed by atoms with Gasteiger partial charge in [-0.2, -0.15) is 18.3 Å². The summed E-state index contributed by atoms with van der Waals surface area (Å²) < 4.78 is 41.4. The number of nitrogens with zero attached hydrogens (tertiary/aromatic N) is 2. The van der Waals surface area contributed by atoms with E-state index in [-0.39, 0.29) is 0 Å². The zero-order chi connectivity index (χ0) is 15.3. The minimum atomic E-state index is -4.54. The summed E-state index contributed by atoms with van der Waals surface area (Å²) in [7, 11) is 0. The zero-order valence-electron chi connectivity index (χ0n) is 10.8. The van der Waals surface area contributed by atoms with Crippen LogP contribution in [-0.4, -0.2) is 28.7 Å². The molecule has 5 nitrogen and oxygen atoms in total. The second kappa shape index (κ2) is 6.29. The number of rotatable bonds is 4. The number of ether oxygens (including phenoxy) is 1. The highest BCUT2D eigenvalue weighted by atomic mass is 19.4.